The highest BCUT2D eigenvalue weighted by molar-refractivity contribution is 5.99. The number of methoxy groups -OCH3 is 1. The predicted octanol–water partition coefficient (Wildman–Crippen LogP) is 3.32. The lowest BCUT2D eigenvalue weighted by Gasteiger charge is -2.45. The maximum atomic E-state index is 11.9. The second kappa shape index (κ2) is 4.25. The molecule has 2 aliphatic carbocycles. The summed E-state index contributed by atoms with van der Waals surface area (Å²) in [6, 6.07) is 5.76. The number of fused-ring (bicyclic) bond motifs is 6. The van der Waals surface area contributed by atoms with E-state index in [1.807, 2.05) is 24.4 Å². The molecule has 2 aromatic heterocycles. The highest BCUT2D eigenvalue weighted by atomic mass is 16.5. The van der Waals surface area contributed by atoms with Gasteiger partial charge in [-0.05, 0) is 43.0 Å². The van der Waals surface area contributed by atoms with Gasteiger partial charge in [0, 0.05) is 21.9 Å². The Morgan fingerprint density at radius 3 is 2.91 bits per heavy atom. The first-order valence-corrected chi connectivity index (χ1v) is 7.99. The number of esters is 1. The van der Waals surface area contributed by atoms with Gasteiger partial charge < -0.3 is 9.72 Å². The summed E-state index contributed by atoms with van der Waals surface area (Å²) in [5.74, 6) is -0.289. The lowest BCUT2D eigenvalue weighted by Crippen LogP contribution is -2.38. The van der Waals surface area contributed by atoms with Crippen molar-refractivity contribution in [2.75, 3.05) is 7.11 Å². The fourth-order valence-electron chi connectivity index (χ4n) is 4.32. The number of hydrogen-bond acceptors (Lipinski definition) is 3. The molecule has 0 atom stereocenters. The Bertz CT molecular complexity index is 946. The van der Waals surface area contributed by atoms with Gasteiger partial charge in [0.05, 0.1) is 30.3 Å². The van der Waals surface area contributed by atoms with Crippen LogP contribution in [0.25, 0.3) is 22.3 Å². The van der Waals surface area contributed by atoms with E-state index in [0.717, 1.165) is 28.7 Å². The SMILES string of the molecule is COC(=O)c1ccc2[nH]c3c(c2c1)C1(CCC1)Cc1cn[nH]c1-3. The average Bonchev–Trinajstić information content (AvgIpc) is 3.14. The number of aromatic amines is 2. The van der Waals surface area contributed by atoms with Gasteiger partial charge in [0.25, 0.3) is 0 Å². The summed E-state index contributed by atoms with van der Waals surface area (Å²) in [5, 5.41) is 8.51. The highest BCUT2D eigenvalue weighted by Gasteiger charge is 2.46. The van der Waals surface area contributed by atoms with Crippen LogP contribution in [0.15, 0.2) is 24.4 Å². The molecule has 0 bridgehead atoms. The number of ether oxygens (including phenoxy) is 1. The van der Waals surface area contributed by atoms with Crippen molar-refractivity contribution in [1.82, 2.24) is 15.2 Å². The van der Waals surface area contributed by atoms with E-state index in [2.05, 4.69) is 15.2 Å². The van der Waals surface area contributed by atoms with Crippen LogP contribution in [-0.4, -0.2) is 28.3 Å². The van der Waals surface area contributed by atoms with E-state index in [9.17, 15) is 4.79 Å². The Labute approximate surface area is 133 Å². The van der Waals surface area contributed by atoms with Gasteiger partial charge in [0.2, 0.25) is 0 Å². The molecule has 1 aromatic carbocycles. The van der Waals surface area contributed by atoms with Crippen LogP contribution in [0.2, 0.25) is 0 Å². The highest BCUT2D eigenvalue weighted by Crippen LogP contribution is 2.55. The molecule has 0 amide bonds. The van der Waals surface area contributed by atoms with Crippen molar-refractivity contribution in [3.05, 3.63) is 41.1 Å². The first-order valence-electron chi connectivity index (χ1n) is 7.99. The summed E-state index contributed by atoms with van der Waals surface area (Å²) in [6.07, 6.45) is 6.63. The van der Waals surface area contributed by atoms with Crippen LogP contribution in [0.5, 0.6) is 0 Å². The van der Waals surface area contributed by atoms with E-state index in [1.54, 1.807) is 0 Å². The summed E-state index contributed by atoms with van der Waals surface area (Å²) in [4.78, 5) is 15.4. The molecular formula is C18H17N3O2. The molecule has 2 heterocycles. The van der Waals surface area contributed by atoms with Crippen LogP contribution in [-0.2, 0) is 16.6 Å². The Morgan fingerprint density at radius 1 is 1.30 bits per heavy atom. The molecule has 116 valence electrons. The Kier molecular flexibility index (Phi) is 2.39. The van der Waals surface area contributed by atoms with E-state index < -0.39 is 0 Å². The zero-order chi connectivity index (χ0) is 15.6. The molecular weight excluding hydrogens is 290 g/mol. The number of nitrogens with one attached hydrogen (secondary N) is 2. The van der Waals surface area contributed by atoms with Gasteiger partial charge in [-0.15, -0.1) is 0 Å². The number of H-pyrrole nitrogens is 2. The first kappa shape index (κ1) is 12.9. The second-order valence-corrected chi connectivity index (χ2v) is 6.71. The van der Waals surface area contributed by atoms with E-state index >= 15 is 0 Å². The van der Waals surface area contributed by atoms with Gasteiger partial charge in [-0.1, -0.05) is 6.42 Å². The van der Waals surface area contributed by atoms with E-state index in [0.29, 0.717) is 5.56 Å². The maximum Gasteiger partial charge on any atom is 0.337 e. The Morgan fingerprint density at radius 2 is 2.17 bits per heavy atom. The molecule has 0 aliphatic heterocycles. The summed E-state index contributed by atoms with van der Waals surface area (Å²) in [5.41, 5.74) is 6.73. The van der Waals surface area contributed by atoms with Gasteiger partial charge in [0.1, 0.15) is 0 Å². The number of nitrogens with zero attached hydrogens (tertiary/aromatic N) is 1. The fourth-order valence-corrected chi connectivity index (χ4v) is 4.32. The molecule has 2 aliphatic rings. The second-order valence-electron chi connectivity index (χ2n) is 6.71. The molecule has 2 N–H and O–H groups in total. The number of carbonyl (C=O) groups excluding carboxylic acids is 1. The molecule has 5 nitrogen and oxygen atoms in total. The lowest BCUT2D eigenvalue weighted by atomic mass is 9.58. The Hall–Kier alpha value is -2.56. The first-order chi connectivity index (χ1) is 11.2. The van der Waals surface area contributed by atoms with E-state index in [1.165, 1.54) is 37.5 Å². The number of rotatable bonds is 1. The number of hydrogen-bond donors (Lipinski definition) is 2. The molecule has 3 aromatic rings. The van der Waals surface area contributed by atoms with Gasteiger partial charge in [-0.3, -0.25) is 5.10 Å². The standard InChI is InChI=1S/C18H17N3O2/c1-23-17(22)10-3-4-13-12(7-10)14-16(20-13)15-11(9-19-21-15)8-18(14)5-2-6-18/h3-4,7,9,20H,2,5-6,8H2,1H3,(H,19,21). The molecule has 1 spiro atoms. The minimum Gasteiger partial charge on any atom is -0.465 e. The monoisotopic (exact) mass is 307 g/mol. The lowest BCUT2D eigenvalue weighted by molar-refractivity contribution is 0.0601. The van der Waals surface area contributed by atoms with Crippen molar-refractivity contribution in [1.29, 1.82) is 0 Å². The van der Waals surface area contributed by atoms with Crippen molar-refractivity contribution in [3.63, 3.8) is 0 Å². The zero-order valence-corrected chi connectivity index (χ0v) is 12.9. The predicted molar refractivity (Wildman–Crippen MR) is 86.5 cm³/mol. The normalized spacial score (nSPS) is 17.6. The van der Waals surface area contributed by atoms with Gasteiger partial charge in [0.15, 0.2) is 0 Å². The van der Waals surface area contributed by atoms with Crippen molar-refractivity contribution < 1.29 is 9.53 Å². The van der Waals surface area contributed by atoms with Crippen LogP contribution in [0.1, 0.15) is 40.7 Å². The van der Waals surface area contributed by atoms with Crippen LogP contribution in [0.4, 0.5) is 0 Å². The summed E-state index contributed by atoms with van der Waals surface area (Å²) >= 11 is 0. The molecule has 0 radical (unpaired) electrons. The van der Waals surface area contributed by atoms with Crippen molar-refractivity contribution >= 4 is 16.9 Å². The van der Waals surface area contributed by atoms with E-state index in [4.69, 9.17) is 4.74 Å². The Balaban J connectivity index is 1.82. The van der Waals surface area contributed by atoms with Crippen LogP contribution < -0.4 is 0 Å². The molecule has 0 unspecified atom stereocenters. The number of aromatic nitrogens is 3. The third kappa shape index (κ3) is 1.57. The van der Waals surface area contributed by atoms with Gasteiger partial charge >= 0.3 is 5.97 Å². The molecule has 0 saturated heterocycles. The van der Waals surface area contributed by atoms with Crippen molar-refractivity contribution in [2.45, 2.75) is 31.1 Å². The summed E-state index contributed by atoms with van der Waals surface area (Å²) < 4.78 is 4.88. The largest absolute Gasteiger partial charge is 0.465 e. The minimum atomic E-state index is -0.289. The molecule has 1 fully saturated rings. The summed E-state index contributed by atoms with van der Waals surface area (Å²) in [7, 11) is 1.42. The molecule has 5 rings (SSSR count). The molecule has 1 saturated carbocycles. The minimum absolute atomic E-state index is 0.194. The molecule has 23 heavy (non-hydrogen) atoms. The molecule has 5 heteroatoms. The van der Waals surface area contributed by atoms with Gasteiger partial charge in [-0.2, -0.15) is 5.10 Å². The summed E-state index contributed by atoms with van der Waals surface area (Å²) in [6.45, 7) is 0. The number of carbonyl (C=O) groups is 1. The van der Waals surface area contributed by atoms with Crippen LogP contribution in [0, 0.1) is 0 Å². The smallest absolute Gasteiger partial charge is 0.337 e. The average molecular weight is 307 g/mol. The quantitative estimate of drug-likeness (QED) is 0.677. The maximum absolute atomic E-state index is 11.9. The number of benzene rings is 1. The van der Waals surface area contributed by atoms with Crippen molar-refractivity contribution in [2.24, 2.45) is 0 Å². The van der Waals surface area contributed by atoms with Crippen LogP contribution in [0.3, 0.4) is 0 Å². The van der Waals surface area contributed by atoms with Crippen LogP contribution >= 0.6 is 0 Å². The van der Waals surface area contributed by atoms with Crippen molar-refractivity contribution in [3.8, 4) is 11.4 Å². The topological polar surface area (TPSA) is 70.8 Å². The van der Waals surface area contributed by atoms with E-state index in [-0.39, 0.29) is 11.4 Å². The third-order valence-corrected chi connectivity index (χ3v) is 5.56. The zero-order valence-electron chi connectivity index (χ0n) is 12.9. The van der Waals surface area contributed by atoms with Gasteiger partial charge in [-0.25, -0.2) is 4.79 Å². The fraction of sp³-hybridized carbons (Fsp3) is 0.333. The third-order valence-electron chi connectivity index (χ3n) is 5.56.